The van der Waals surface area contributed by atoms with Gasteiger partial charge in [0.25, 0.3) is 5.91 Å². The van der Waals surface area contributed by atoms with Crippen LogP contribution in [0.5, 0.6) is 11.5 Å². The van der Waals surface area contributed by atoms with Crippen molar-refractivity contribution < 1.29 is 18.7 Å². The Hall–Kier alpha value is -3.73. The minimum Gasteiger partial charge on any atom is -0.497 e. The molecule has 0 unspecified atom stereocenters. The fraction of sp³-hybridized carbons (Fsp3) is 0.192. The monoisotopic (exact) mass is 415 g/mol. The zero-order valence-corrected chi connectivity index (χ0v) is 18.1. The number of hydrogen-bond donors (Lipinski definition) is 1. The first-order valence-corrected chi connectivity index (χ1v) is 10.2. The maximum absolute atomic E-state index is 13.5. The van der Waals surface area contributed by atoms with Crippen molar-refractivity contribution in [1.29, 1.82) is 0 Å². The van der Waals surface area contributed by atoms with Gasteiger partial charge in [-0.1, -0.05) is 18.2 Å². The van der Waals surface area contributed by atoms with Crippen LogP contribution in [0.15, 0.2) is 65.1 Å². The number of fused-ring (bicyclic) bond motifs is 1. The zero-order valence-electron chi connectivity index (χ0n) is 18.1. The number of furan rings is 1. The molecule has 0 spiro atoms. The summed E-state index contributed by atoms with van der Waals surface area (Å²) >= 11 is 0. The van der Waals surface area contributed by atoms with E-state index in [1.807, 2.05) is 81.4 Å². The van der Waals surface area contributed by atoms with Crippen LogP contribution in [-0.4, -0.2) is 19.6 Å². The van der Waals surface area contributed by atoms with Crippen molar-refractivity contribution in [3.63, 3.8) is 0 Å². The van der Waals surface area contributed by atoms with E-state index in [1.165, 1.54) is 0 Å². The maximum atomic E-state index is 13.5. The van der Waals surface area contributed by atoms with Crippen molar-refractivity contribution in [1.82, 2.24) is 0 Å². The van der Waals surface area contributed by atoms with Gasteiger partial charge in [-0.15, -0.1) is 0 Å². The van der Waals surface area contributed by atoms with Crippen LogP contribution in [0.2, 0.25) is 0 Å². The Morgan fingerprint density at radius 2 is 1.65 bits per heavy atom. The minimum atomic E-state index is -0.226. The van der Waals surface area contributed by atoms with Crippen LogP contribution in [0, 0.1) is 13.8 Å². The number of amides is 1. The lowest BCUT2D eigenvalue weighted by Gasteiger charge is -2.12. The summed E-state index contributed by atoms with van der Waals surface area (Å²) in [5.74, 6) is 1.71. The number of carbonyl (C=O) groups excluding carboxylic acids is 1. The van der Waals surface area contributed by atoms with E-state index in [4.69, 9.17) is 13.9 Å². The Balaban J connectivity index is 1.86. The van der Waals surface area contributed by atoms with E-state index in [1.54, 1.807) is 7.11 Å². The molecule has 0 radical (unpaired) electrons. The molecule has 4 aromatic rings. The molecule has 158 valence electrons. The number of aryl methyl sites for hydroxylation is 2. The topological polar surface area (TPSA) is 60.7 Å². The number of benzene rings is 3. The van der Waals surface area contributed by atoms with Crippen LogP contribution < -0.4 is 14.8 Å². The van der Waals surface area contributed by atoms with Gasteiger partial charge in [-0.25, -0.2) is 0 Å². The second-order valence-corrected chi connectivity index (χ2v) is 7.35. The molecule has 0 aliphatic rings. The highest BCUT2D eigenvalue weighted by molar-refractivity contribution is 6.17. The molecule has 1 heterocycles. The number of ether oxygens (including phenoxy) is 2. The van der Waals surface area contributed by atoms with E-state index < -0.39 is 0 Å². The molecular weight excluding hydrogens is 390 g/mol. The Morgan fingerprint density at radius 3 is 2.29 bits per heavy atom. The molecular formula is C26H25NO4. The summed E-state index contributed by atoms with van der Waals surface area (Å²) in [6.45, 7) is 6.43. The lowest BCUT2D eigenvalue weighted by molar-refractivity contribution is 0.102. The average Bonchev–Trinajstić information content (AvgIpc) is 3.15. The van der Waals surface area contributed by atoms with E-state index in [9.17, 15) is 4.79 Å². The molecule has 31 heavy (non-hydrogen) atoms. The van der Waals surface area contributed by atoms with Crippen LogP contribution in [0.4, 0.5) is 5.69 Å². The number of anilines is 1. The van der Waals surface area contributed by atoms with E-state index >= 15 is 0 Å². The number of hydrogen-bond acceptors (Lipinski definition) is 4. The smallest absolute Gasteiger partial charge is 0.260 e. The fourth-order valence-electron chi connectivity index (χ4n) is 3.69. The first-order chi connectivity index (χ1) is 15.0. The summed E-state index contributed by atoms with van der Waals surface area (Å²) in [6, 6.07) is 18.9. The summed E-state index contributed by atoms with van der Waals surface area (Å²) in [5, 5.41) is 3.80. The Labute approximate surface area is 181 Å². The third kappa shape index (κ3) is 3.99. The van der Waals surface area contributed by atoms with Gasteiger partial charge in [0.05, 0.1) is 19.3 Å². The molecule has 0 saturated carbocycles. The molecule has 0 fully saturated rings. The van der Waals surface area contributed by atoms with Gasteiger partial charge in [-0.3, -0.25) is 4.79 Å². The van der Waals surface area contributed by atoms with E-state index in [-0.39, 0.29) is 5.91 Å². The van der Waals surface area contributed by atoms with Gasteiger partial charge < -0.3 is 19.2 Å². The molecule has 0 saturated heterocycles. The zero-order chi connectivity index (χ0) is 22.0. The molecule has 0 aliphatic heterocycles. The summed E-state index contributed by atoms with van der Waals surface area (Å²) < 4.78 is 17.1. The van der Waals surface area contributed by atoms with Crippen molar-refractivity contribution in [3.8, 4) is 22.8 Å². The standard InChI is InChI=1S/C26H25NO4/c1-5-30-20-13-14-22-21(15-20)23(25(31-22)18-9-11-19(29-4)12-10-18)26(28)27-24-16(2)7-6-8-17(24)3/h6-15H,5H2,1-4H3,(H,27,28). The van der Waals surface area contributed by atoms with Crippen molar-refractivity contribution in [2.24, 2.45) is 0 Å². The minimum absolute atomic E-state index is 0.226. The van der Waals surface area contributed by atoms with E-state index in [2.05, 4.69) is 5.32 Å². The number of rotatable bonds is 6. The van der Waals surface area contributed by atoms with Gasteiger partial charge in [0, 0.05) is 16.6 Å². The van der Waals surface area contributed by atoms with Crippen molar-refractivity contribution in [3.05, 3.63) is 77.4 Å². The SMILES string of the molecule is CCOc1ccc2oc(-c3ccc(OC)cc3)c(C(=O)Nc3c(C)cccc3C)c2c1. The molecule has 1 amide bonds. The molecule has 1 aromatic heterocycles. The van der Waals surface area contributed by atoms with Crippen LogP contribution in [0.3, 0.4) is 0 Å². The molecule has 0 atom stereocenters. The van der Waals surface area contributed by atoms with E-state index in [0.717, 1.165) is 28.1 Å². The normalized spacial score (nSPS) is 10.8. The fourth-order valence-corrected chi connectivity index (χ4v) is 3.69. The molecule has 4 rings (SSSR count). The third-order valence-corrected chi connectivity index (χ3v) is 5.27. The van der Waals surface area contributed by atoms with Gasteiger partial charge in [0.15, 0.2) is 0 Å². The predicted octanol–water partition coefficient (Wildman–Crippen LogP) is 6.38. The van der Waals surface area contributed by atoms with Crippen LogP contribution >= 0.6 is 0 Å². The summed E-state index contributed by atoms with van der Waals surface area (Å²) in [7, 11) is 1.62. The van der Waals surface area contributed by atoms with Crippen LogP contribution in [0.1, 0.15) is 28.4 Å². The number of carbonyl (C=O) groups is 1. The first-order valence-electron chi connectivity index (χ1n) is 10.2. The predicted molar refractivity (Wildman–Crippen MR) is 123 cm³/mol. The van der Waals surface area contributed by atoms with Gasteiger partial charge in [-0.05, 0) is 74.4 Å². The Kier molecular flexibility index (Phi) is 5.67. The summed E-state index contributed by atoms with van der Waals surface area (Å²) in [6.07, 6.45) is 0. The van der Waals surface area contributed by atoms with Crippen LogP contribution in [0.25, 0.3) is 22.3 Å². The average molecular weight is 415 g/mol. The molecule has 0 bridgehead atoms. The first kappa shape index (κ1) is 20.5. The van der Waals surface area contributed by atoms with Gasteiger partial charge in [-0.2, -0.15) is 0 Å². The Bertz CT molecular complexity index is 1220. The number of methoxy groups -OCH3 is 1. The van der Waals surface area contributed by atoms with Crippen molar-refractivity contribution >= 4 is 22.6 Å². The highest BCUT2D eigenvalue weighted by atomic mass is 16.5. The number of nitrogens with one attached hydrogen (secondary N) is 1. The summed E-state index contributed by atoms with van der Waals surface area (Å²) in [5.41, 5.74) is 4.71. The van der Waals surface area contributed by atoms with Gasteiger partial charge in [0.2, 0.25) is 0 Å². The van der Waals surface area contributed by atoms with Crippen molar-refractivity contribution in [2.45, 2.75) is 20.8 Å². The van der Waals surface area contributed by atoms with Gasteiger partial charge >= 0.3 is 0 Å². The second-order valence-electron chi connectivity index (χ2n) is 7.35. The quantitative estimate of drug-likeness (QED) is 0.397. The summed E-state index contributed by atoms with van der Waals surface area (Å²) in [4.78, 5) is 13.5. The van der Waals surface area contributed by atoms with Crippen molar-refractivity contribution in [2.75, 3.05) is 19.0 Å². The van der Waals surface area contributed by atoms with Crippen LogP contribution in [-0.2, 0) is 0 Å². The highest BCUT2D eigenvalue weighted by Crippen LogP contribution is 2.37. The maximum Gasteiger partial charge on any atom is 0.260 e. The van der Waals surface area contributed by atoms with Gasteiger partial charge in [0.1, 0.15) is 22.8 Å². The van der Waals surface area contributed by atoms with E-state index in [0.29, 0.717) is 34.6 Å². The number of para-hydroxylation sites is 1. The Morgan fingerprint density at radius 1 is 0.968 bits per heavy atom. The highest BCUT2D eigenvalue weighted by Gasteiger charge is 2.23. The lowest BCUT2D eigenvalue weighted by Crippen LogP contribution is -2.14. The molecule has 5 nitrogen and oxygen atoms in total. The second kappa shape index (κ2) is 8.56. The molecule has 1 N–H and O–H groups in total. The molecule has 3 aromatic carbocycles. The largest absolute Gasteiger partial charge is 0.497 e. The third-order valence-electron chi connectivity index (χ3n) is 5.27. The molecule has 5 heteroatoms. The molecule has 0 aliphatic carbocycles. The lowest BCUT2D eigenvalue weighted by atomic mass is 10.0.